The molecule has 0 saturated carbocycles. The largest absolute Gasteiger partial charge is 0.438 e. The second-order valence-electron chi connectivity index (χ2n) is 5.11. The molecule has 0 spiro atoms. The summed E-state index contributed by atoms with van der Waals surface area (Å²) >= 11 is 5.84. The van der Waals surface area contributed by atoms with Gasteiger partial charge in [-0.1, -0.05) is 11.6 Å². The lowest BCUT2D eigenvalue weighted by Crippen LogP contribution is -2.29. The number of amides is 1. The molecule has 2 heterocycles. The SMILES string of the molecule is O=C(c1cccnc1Oc1ccc(Cl)cc1)N1CC[C@@H](O)C1. The Morgan fingerprint density at radius 1 is 1.32 bits per heavy atom. The average Bonchev–Trinajstić information content (AvgIpc) is 2.96. The normalized spacial score (nSPS) is 17.5. The first-order chi connectivity index (χ1) is 10.6. The number of rotatable bonds is 3. The van der Waals surface area contributed by atoms with Crippen molar-refractivity contribution < 1.29 is 14.6 Å². The summed E-state index contributed by atoms with van der Waals surface area (Å²) in [6.07, 6.45) is 1.71. The van der Waals surface area contributed by atoms with Crippen LogP contribution in [0.3, 0.4) is 0 Å². The van der Waals surface area contributed by atoms with Crippen LogP contribution in [0.4, 0.5) is 0 Å². The van der Waals surface area contributed by atoms with Crippen molar-refractivity contribution in [2.75, 3.05) is 13.1 Å². The smallest absolute Gasteiger partial charge is 0.259 e. The topological polar surface area (TPSA) is 62.7 Å². The molecule has 1 N–H and O–H groups in total. The van der Waals surface area contributed by atoms with Gasteiger partial charge in [-0.05, 0) is 42.8 Å². The molecule has 0 unspecified atom stereocenters. The Labute approximate surface area is 133 Å². The van der Waals surface area contributed by atoms with Crippen LogP contribution in [0.15, 0.2) is 42.6 Å². The van der Waals surface area contributed by atoms with Crippen LogP contribution in [-0.2, 0) is 0 Å². The maximum Gasteiger partial charge on any atom is 0.259 e. The van der Waals surface area contributed by atoms with E-state index in [1.165, 1.54) is 0 Å². The van der Waals surface area contributed by atoms with E-state index in [1.54, 1.807) is 47.5 Å². The summed E-state index contributed by atoms with van der Waals surface area (Å²) in [5.41, 5.74) is 0.381. The summed E-state index contributed by atoms with van der Waals surface area (Å²) in [6, 6.07) is 10.2. The van der Waals surface area contributed by atoms with Crippen molar-refractivity contribution in [1.29, 1.82) is 0 Å². The maximum atomic E-state index is 12.5. The van der Waals surface area contributed by atoms with Gasteiger partial charge in [-0.15, -0.1) is 0 Å². The van der Waals surface area contributed by atoms with Crippen LogP contribution >= 0.6 is 11.6 Å². The second-order valence-corrected chi connectivity index (χ2v) is 5.54. The molecule has 0 aliphatic carbocycles. The molecular formula is C16H15ClN2O3. The fourth-order valence-electron chi connectivity index (χ4n) is 2.35. The first-order valence-electron chi connectivity index (χ1n) is 6.99. The van der Waals surface area contributed by atoms with E-state index < -0.39 is 6.10 Å². The minimum atomic E-state index is -0.457. The van der Waals surface area contributed by atoms with Gasteiger partial charge in [0.15, 0.2) is 0 Å². The van der Waals surface area contributed by atoms with Crippen molar-refractivity contribution in [3.8, 4) is 11.6 Å². The number of ether oxygens (including phenoxy) is 1. The van der Waals surface area contributed by atoms with E-state index in [0.29, 0.717) is 35.8 Å². The highest BCUT2D eigenvalue weighted by Crippen LogP contribution is 2.26. The number of halogens is 1. The molecule has 0 bridgehead atoms. The van der Waals surface area contributed by atoms with E-state index in [2.05, 4.69) is 4.98 Å². The Kier molecular flexibility index (Phi) is 4.27. The third kappa shape index (κ3) is 3.21. The van der Waals surface area contributed by atoms with Gasteiger partial charge in [-0.25, -0.2) is 4.98 Å². The van der Waals surface area contributed by atoms with Gasteiger partial charge in [0.2, 0.25) is 5.88 Å². The van der Waals surface area contributed by atoms with E-state index in [4.69, 9.17) is 16.3 Å². The summed E-state index contributed by atoms with van der Waals surface area (Å²) in [5.74, 6) is 0.614. The van der Waals surface area contributed by atoms with Crippen LogP contribution in [0.25, 0.3) is 0 Å². The molecule has 2 aromatic rings. The highest BCUT2D eigenvalue weighted by atomic mass is 35.5. The lowest BCUT2D eigenvalue weighted by atomic mass is 10.2. The van der Waals surface area contributed by atoms with Gasteiger partial charge in [0.25, 0.3) is 5.91 Å². The molecule has 1 aliphatic rings. The quantitative estimate of drug-likeness (QED) is 0.945. The van der Waals surface area contributed by atoms with E-state index in [0.717, 1.165) is 0 Å². The Bertz CT molecular complexity index is 675. The number of carbonyl (C=O) groups excluding carboxylic acids is 1. The van der Waals surface area contributed by atoms with Gasteiger partial charge in [-0.3, -0.25) is 4.79 Å². The lowest BCUT2D eigenvalue weighted by molar-refractivity contribution is 0.0761. The molecule has 3 rings (SSSR count). The van der Waals surface area contributed by atoms with Gasteiger partial charge >= 0.3 is 0 Å². The van der Waals surface area contributed by atoms with Crippen LogP contribution in [0, 0.1) is 0 Å². The molecular weight excluding hydrogens is 304 g/mol. The van der Waals surface area contributed by atoms with E-state index >= 15 is 0 Å². The standard InChI is InChI=1S/C16H15ClN2O3/c17-11-3-5-13(6-4-11)22-15-14(2-1-8-18-15)16(21)19-9-7-12(20)10-19/h1-6,8,12,20H,7,9-10H2/t12-/m1/s1. The summed E-state index contributed by atoms with van der Waals surface area (Å²) in [7, 11) is 0. The molecule has 5 nitrogen and oxygen atoms in total. The van der Waals surface area contributed by atoms with Crippen LogP contribution in [0.1, 0.15) is 16.8 Å². The van der Waals surface area contributed by atoms with Crippen LogP contribution in [0.5, 0.6) is 11.6 Å². The maximum absolute atomic E-state index is 12.5. The predicted octanol–water partition coefficient (Wildman–Crippen LogP) is 2.73. The van der Waals surface area contributed by atoms with E-state index in [1.807, 2.05) is 0 Å². The number of hydrogen-bond acceptors (Lipinski definition) is 4. The predicted molar refractivity (Wildman–Crippen MR) is 82.3 cm³/mol. The van der Waals surface area contributed by atoms with Crippen molar-refractivity contribution in [2.24, 2.45) is 0 Å². The molecule has 0 radical (unpaired) electrons. The average molecular weight is 319 g/mol. The van der Waals surface area contributed by atoms with Gasteiger partial charge in [0, 0.05) is 24.3 Å². The Morgan fingerprint density at radius 2 is 2.09 bits per heavy atom. The number of hydrogen-bond donors (Lipinski definition) is 1. The van der Waals surface area contributed by atoms with Crippen molar-refractivity contribution in [3.05, 3.63) is 53.2 Å². The Hall–Kier alpha value is -2.11. The number of β-amino-alcohol motifs (C(OH)–C–C–N with tert-alkyl or cyclic N) is 1. The van der Waals surface area contributed by atoms with Crippen molar-refractivity contribution >= 4 is 17.5 Å². The zero-order valence-corrected chi connectivity index (χ0v) is 12.5. The third-order valence-electron chi connectivity index (χ3n) is 3.48. The van der Waals surface area contributed by atoms with Crippen LogP contribution < -0.4 is 4.74 Å². The summed E-state index contributed by atoms with van der Waals surface area (Å²) < 4.78 is 5.69. The number of carbonyl (C=O) groups is 1. The lowest BCUT2D eigenvalue weighted by Gasteiger charge is -2.17. The molecule has 1 amide bonds. The Balaban J connectivity index is 1.83. The van der Waals surface area contributed by atoms with Gasteiger partial charge < -0.3 is 14.7 Å². The molecule has 1 aliphatic heterocycles. The molecule has 22 heavy (non-hydrogen) atoms. The van der Waals surface area contributed by atoms with Crippen LogP contribution in [0.2, 0.25) is 5.02 Å². The summed E-state index contributed by atoms with van der Waals surface area (Å²) in [4.78, 5) is 18.3. The van der Waals surface area contributed by atoms with Crippen molar-refractivity contribution in [3.63, 3.8) is 0 Å². The van der Waals surface area contributed by atoms with Crippen molar-refractivity contribution in [2.45, 2.75) is 12.5 Å². The first kappa shape index (κ1) is 14.8. The van der Waals surface area contributed by atoms with E-state index in [9.17, 15) is 9.90 Å². The number of likely N-dealkylation sites (tertiary alicyclic amines) is 1. The number of nitrogens with zero attached hydrogens (tertiary/aromatic N) is 2. The van der Waals surface area contributed by atoms with Gasteiger partial charge in [-0.2, -0.15) is 0 Å². The summed E-state index contributed by atoms with van der Waals surface area (Å²) in [6.45, 7) is 0.878. The zero-order valence-electron chi connectivity index (χ0n) is 11.8. The zero-order chi connectivity index (χ0) is 15.5. The monoisotopic (exact) mass is 318 g/mol. The highest BCUT2D eigenvalue weighted by Gasteiger charge is 2.27. The van der Waals surface area contributed by atoms with Crippen LogP contribution in [-0.4, -0.2) is 40.1 Å². The number of pyridine rings is 1. The molecule has 114 valence electrons. The van der Waals surface area contributed by atoms with E-state index in [-0.39, 0.29) is 11.8 Å². The third-order valence-corrected chi connectivity index (χ3v) is 3.73. The highest BCUT2D eigenvalue weighted by molar-refractivity contribution is 6.30. The van der Waals surface area contributed by atoms with Gasteiger partial charge in [0.05, 0.1) is 6.10 Å². The number of benzene rings is 1. The Morgan fingerprint density at radius 3 is 2.77 bits per heavy atom. The summed E-state index contributed by atoms with van der Waals surface area (Å²) in [5, 5.41) is 10.2. The van der Waals surface area contributed by atoms with Crippen molar-refractivity contribution in [1.82, 2.24) is 9.88 Å². The number of aliphatic hydroxyl groups is 1. The molecule has 1 aromatic carbocycles. The minimum absolute atomic E-state index is 0.186. The second kappa shape index (κ2) is 6.34. The molecule has 1 fully saturated rings. The molecule has 1 aromatic heterocycles. The number of aliphatic hydroxyl groups excluding tert-OH is 1. The fourth-order valence-corrected chi connectivity index (χ4v) is 2.47. The fraction of sp³-hybridized carbons (Fsp3) is 0.250. The number of aromatic nitrogens is 1. The van der Waals surface area contributed by atoms with Gasteiger partial charge in [0.1, 0.15) is 11.3 Å². The first-order valence-corrected chi connectivity index (χ1v) is 7.37. The molecule has 1 atom stereocenters. The minimum Gasteiger partial charge on any atom is -0.438 e. The molecule has 6 heteroatoms. The molecule has 1 saturated heterocycles.